The molecular formula is C20H31N3OS. The number of hydrogen-bond donors (Lipinski definition) is 1. The molecule has 1 N–H and O–H groups in total. The number of benzene rings is 1. The van der Waals surface area contributed by atoms with Crippen LogP contribution in [0.2, 0.25) is 0 Å². The minimum Gasteiger partial charge on any atom is -0.377 e. The van der Waals surface area contributed by atoms with Gasteiger partial charge in [0.15, 0.2) is 5.11 Å². The van der Waals surface area contributed by atoms with E-state index in [0.29, 0.717) is 12.1 Å². The molecule has 2 aliphatic heterocycles. The van der Waals surface area contributed by atoms with Crippen molar-refractivity contribution >= 4 is 23.0 Å². The van der Waals surface area contributed by atoms with Crippen LogP contribution in [0, 0.1) is 13.8 Å². The normalized spacial score (nSPS) is 21.8. The van der Waals surface area contributed by atoms with Crippen LogP contribution in [0.4, 0.5) is 5.69 Å². The maximum Gasteiger partial charge on any atom is 0.173 e. The van der Waals surface area contributed by atoms with E-state index in [1.54, 1.807) is 0 Å². The molecule has 0 amide bonds. The number of anilines is 1. The Labute approximate surface area is 157 Å². The van der Waals surface area contributed by atoms with E-state index in [-0.39, 0.29) is 0 Å². The first-order valence-electron chi connectivity index (χ1n) is 9.47. The van der Waals surface area contributed by atoms with Crippen molar-refractivity contribution in [1.82, 2.24) is 9.80 Å². The van der Waals surface area contributed by atoms with Gasteiger partial charge in [-0.1, -0.05) is 6.07 Å². The molecule has 5 heteroatoms. The number of thiocarbonyl (C=S) groups is 1. The van der Waals surface area contributed by atoms with E-state index in [2.05, 4.69) is 54.2 Å². The second-order valence-corrected chi connectivity index (χ2v) is 7.99. The highest BCUT2D eigenvalue weighted by molar-refractivity contribution is 7.80. The van der Waals surface area contributed by atoms with E-state index in [9.17, 15) is 0 Å². The highest BCUT2D eigenvalue weighted by atomic mass is 32.1. The van der Waals surface area contributed by atoms with Crippen molar-refractivity contribution in [2.45, 2.75) is 51.7 Å². The Morgan fingerprint density at radius 2 is 1.88 bits per heavy atom. The zero-order valence-electron chi connectivity index (χ0n) is 15.8. The smallest absolute Gasteiger partial charge is 0.173 e. The molecule has 2 saturated heterocycles. The highest BCUT2D eigenvalue weighted by Gasteiger charge is 2.26. The molecule has 0 saturated carbocycles. The summed E-state index contributed by atoms with van der Waals surface area (Å²) in [7, 11) is 2.24. The van der Waals surface area contributed by atoms with Crippen LogP contribution in [-0.2, 0) is 4.74 Å². The molecule has 0 aromatic heterocycles. The van der Waals surface area contributed by atoms with Crippen molar-refractivity contribution in [3.8, 4) is 0 Å². The van der Waals surface area contributed by atoms with Crippen LogP contribution in [0.3, 0.4) is 0 Å². The number of rotatable bonds is 4. The average molecular weight is 362 g/mol. The van der Waals surface area contributed by atoms with Crippen LogP contribution in [0.25, 0.3) is 0 Å². The van der Waals surface area contributed by atoms with E-state index in [1.807, 2.05) is 0 Å². The molecule has 2 heterocycles. The summed E-state index contributed by atoms with van der Waals surface area (Å²) in [6.45, 7) is 8.30. The zero-order valence-corrected chi connectivity index (χ0v) is 16.6. The Balaban J connectivity index is 1.47. The first kappa shape index (κ1) is 18.6. The van der Waals surface area contributed by atoms with Gasteiger partial charge in [0, 0.05) is 38.0 Å². The molecule has 2 aliphatic rings. The highest BCUT2D eigenvalue weighted by Crippen LogP contribution is 2.20. The lowest BCUT2D eigenvalue weighted by Gasteiger charge is -2.38. The Hall–Kier alpha value is -1.17. The van der Waals surface area contributed by atoms with Crippen LogP contribution >= 0.6 is 12.2 Å². The van der Waals surface area contributed by atoms with E-state index in [4.69, 9.17) is 17.0 Å². The monoisotopic (exact) mass is 361 g/mol. The maximum absolute atomic E-state index is 5.78. The molecule has 3 rings (SSSR count). The van der Waals surface area contributed by atoms with Gasteiger partial charge >= 0.3 is 0 Å². The maximum atomic E-state index is 5.78. The minimum atomic E-state index is 0.440. The second kappa shape index (κ2) is 8.47. The van der Waals surface area contributed by atoms with Gasteiger partial charge in [-0.25, -0.2) is 0 Å². The lowest BCUT2D eigenvalue weighted by Crippen LogP contribution is -2.48. The molecule has 2 fully saturated rings. The van der Waals surface area contributed by atoms with Crippen LogP contribution in [0.5, 0.6) is 0 Å². The largest absolute Gasteiger partial charge is 0.377 e. The van der Waals surface area contributed by atoms with Gasteiger partial charge in [-0.15, -0.1) is 0 Å². The fourth-order valence-electron chi connectivity index (χ4n) is 4.02. The van der Waals surface area contributed by atoms with Crippen molar-refractivity contribution in [2.75, 3.05) is 38.6 Å². The quantitative estimate of drug-likeness (QED) is 0.828. The number of nitrogens with zero attached hydrogens (tertiary/aromatic N) is 2. The van der Waals surface area contributed by atoms with E-state index >= 15 is 0 Å². The predicted molar refractivity (Wildman–Crippen MR) is 108 cm³/mol. The van der Waals surface area contributed by atoms with Crippen molar-refractivity contribution in [3.63, 3.8) is 0 Å². The van der Waals surface area contributed by atoms with Crippen LogP contribution in [0.15, 0.2) is 18.2 Å². The number of hydrogen-bond acceptors (Lipinski definition) is 3. The Bertz CT molecular complexity index is 572. The summed E-state index contributed by atoms with van der Waals surface area (Å²) in [4.78, 5) is 4.80. The van der Waals surface area contributed by atoms with Gasteiger partial charge in [0.05, 0.1) is 6.10 Å². The first-order valence-corrected chi connectivity index (χ1v) is 9.88. The number of piperidine rings is 1. The minimum absolute atomic E-state index is 0.440. The molecule has 1 atom stereocenters. The lowest BCUT2D eigenvalue weighted by molar-refractivity contribution is 0.0576. The summed E-state index contributed by atoms with van der Waals surface area (Å²) >= 11 is 5.64. The zero-order chi connectivity index (χ0) is 17.8. The van der Waals surface area contributed by atoms with Crippen molar-refractivity contribution in [2.24, 2.45) is 0 Å². The fourth-order valence-corrected chi connectivity index (χ4v) is 4.32. The van der Waals surface area contributed by atoms with Gasteiger partial charge in [-0.05, 0) is 82.1 Å². The van der Waals surface area contributed by atoms with Gasteiger partial charge in [0.2, 0.25) is 0 Å². The summed E-state index contributed by atoms with van der Waals surface area (Å²) in [6, 6.07) is 7.14. The van der Waals surface area contributed by atoms with E-state index in [0.717, 1.165) is 49.9 Å². The molecule has 1 aromatic rings. The third kappa shape index (κ3) is 5.16. The summed E-state index contributed by atoms with van der Waals surface area (Å²) in [5, 5.41) is 4.27. The second-order valence-electron chi connectivity index (χ2n) is 7.60. The van der Waals surface area contributed by atoms with Crippen molar-refractivity contribution in [3.05, 3.63) is 29.3 Å². The molecule has 1 aromatic carbocycles. The Morgan fingerprint density at radius 1 is 1.20 bits per heavy atom. The molecule has 138 valence electrons. The fraction of sp³-hybridized carbons (Fsp3) is 0.650. The van der Waals surface area contributed by atoms with E-state index < -0.39 is 0 Å². The summed E-state index contributed by atoms with van der Waals surface area (Å²) in [5.41, 5.74) is 3.62. The SMILES string of the molecule is Cc1cc(C)cc(NC(=S)N2CCC(N(C)C[C@@H]3CCCO3)CC2)c1. The van der Waals surface area contributed by atoms with Gasteiger partial charge in [-0.3, -0.25) is 0 Å². The lowest BCUT2D eigenvalue weighted by atomic mass is 10.0. The first-order chi connectivity index (χ1) is 12.0. The van der Waals surface area contributed by atoms with Gasteiger partial charge in [0.1, 0.15) is 0 Å². The molecule has 0 aliphatic carbocycles. The molecule has 0 unspecified atom stereocenters. The number of aryl methyl sites for hydroxylation is 2. The summed E-state index contributed by atoms with van der Waals surface area (Å²) in [5.74, 6) is 0. The third-order valence-electron chi connectivity index (χ3n) is 5.36. The van der Waals surface area contributed by atoms with Crippen molar-refractivity contribution in [1.29, 1.82) is 0 Å². The van der Waals surface area contributed by atoms with Crippen LogP contribution in [-0.4, -0.2) is 60.3 Å². The Morgan fingerprint density at radius 3 is 2.48 bits per heavy atom. The number of nitrogens with one attached hydrogen (secondary N) is 1. The Kier molecular flexibility index (Phi) is 6.31. The van der Waals surface area contributed by atoms with E-state index in [1.165, 1.54) is 24.0 Å². The number of likely N-dealkylation sites (N-methyl/N-ethyl adjacent to an activating group) is 1. The van der Waals surface area contributed by atoms with Gasteiger partial charge in [0.25, 0.3) is 0 Å². The van der Waals surface area contributed by atoms with Gasteiger partial charge < -0.3 is 19.9 Å². The number of ether oxygens (including phenoxy) is 1. The third-order valence-corrected chi connectivity index (χ3v) is 5.72. The summed E-state index contributed by atoms with van der Waals surface area (Å²) in [6.07, 6.45) is 5.20. The standard InChI is InChI=1S/C20H31N3OS/c1-15-11-16(2)13-17(12-15)21-20(25)23-8-6-18(7-9-23)22(3)14-19-5-4-10-24-19/h11-13,18-19H,4-10,14H2,1-3H3,(H,21,25)/t19-/m0/s1. The summed E-state index contributed by atoms with van der Waals surface area (Å²) < 4.78 is 5.78. The van der Waals surface area contributed by atoms with Crippen LogP contribution in [0.1, 0.15) is 36.8 Å². The average Bonchev–Trinajstić information content (AvgIpc) is 3.07. The molecule has 25 heavy (non-hydrogen) atoms. The van der Waals surface area contributed by atoms with Crippen molar-refractivity contribution < 1.29 is 4.74 Å². The topological polar surface area (TPSA) is 27.7 Å². The molecule has 0 radical (unpaired) electrons. The van der Waals surface area contributed by atoms with Crippen LogP contribution < -0.4 is 5.32 Å². The molecule has 0 bridgehead atoms. The predicted octanol–water partition coefficient (Wildman–Crippen LogP) is 3.58. The molecule has 0 spiro atoms. The molecular weight excluding hydrogens is 330 g/mol. The number of likely N-dealkylation sites (tertiary alicyclic amines) is 1. The molecule has 4 nitrogen and oxygen atoms in total. The van der Waals surface area contributed by atoms with Gasteiger partial charge in [-0.2, -0.15) is 0 Å².